The van der Waals surface area contributed by atoms with Gasteiger partial charge in [0.25, 0.3) is 0 Å². The Labute approximate surface area is 310 Å². The third-order valence-electron chi connectivity index (χ3n) is 9.56. The van der Waals surface area contributed by atoms with Crippen LogP contribution in [0, 0.1) is 0 Å². The molecule has 8 nitrogen and oxygen atoms in total. The molecule has 0 aliphatic carbocycles. The number of amides is 2. The molecule has 6 aromatic rings. The lowest BCUT2D eigenvalue weighted by Gasteiger charge is -2.37. The molecule has 53 heavy (non-hydrogen) atoms. The van der Waals surface area contributed by atoms with E-state index < -0.39 is 29.5 Å². The topological polar surface area (TPSA) is 113 Å². The summed E-state index contributed by atoms with van der Waals surface area (Å²) in [5.74, 6) is -1.93. The number of rotatable bonds is 17. The zero-order chi connectivity index (χ0) is 36.9. The number of aromatic nitrogens is 2. The Bertz CT molecular complexity index is 1960. The van der Waals surface area contributed by atoms with E-state index in [9.17, 15) is 19.5 Å². The SMILES string of the molecule is O=C(CCc1ccccc1)N[C@@H](Cc1ccccc1)C(=O)NC(CCCc1cn(C(c2ccccc2)(c2ccccc2)c2ccccc2)cn1)C(=O)O. The van der Waals surface area contributed by atoms with Gasteiger partial charge in [-0.2, -0.15) is 0 Å². The Morgan fingerprint density at radius 2 is 1.11 bits per heavy atom. The van der Waals surface area contributed by atoms with Crippen molar-refractivity contribution >= 4 is 17.8 Å². The summed E-state index contributed by atoms with van der Waals surface area (Å²) in [5.41, 5.74) is 5.21. The van der Waals surface area contributed by atoms with Crippen LogP contribution in [0.4, 0.5) is 0 Å². The highest BCUT2D eigenvalue weighted by Crippen LogP contribution is 2.40. The predicted molar refractivity (Wildman–Crippen MR) is 206 cm³/mol. The molecule has 0 saturated heterocycles. The average Bonchev–Trinajstić information content (AvgIpc) is 3.67. The number of nitrogens with zero attached hydrogens (tertiary/aromatic N) is 2. The van der Waals surface area contributed by atoms with Crippen molar-refractivity contribution in [2.45, 2.75) is 56.1 Å². The second-order valence-electron chi connectivity index (χ2n) is 13.2. The maximum absolute atomic E-state index is 13.6. The highest BCUT2D eigenvalue weighted by Gasteiger charge is 2.38. The molecule has 8 heteroatoms. The molecule has 0 aliphatic rings. The lowest BCUT2D eigenvalue weighted by Crippen LogP contribution is -2.52. The van der Waals surface area contributed by atoms with Crippen LogP contribution in [0.3, 0.4) is 0 Å². The minimum atomic E-state index is -1.14. The molecule has 2 atom stereocenters. The molecular weight excluding hydrogens is 661 g/mol. The van der Waals surface area contributed by atoms with Crippen LogP contribution in [-0.2, 0) is 39.2 Å². The highest BCUT2D eigenvalue weighted by atomic mass is 16.4. The molecule has 1 heterocycles. The first-order valence-electron chi connectivity index (χ1n) is 18.0. The zero-order valence-corrected chi connectivity index (χ0v) is 29.6. The number of carbonyl (C=O) groups excluding carboxylic acids is 2. The summed E-state index contributed by atoms with van der Waals surface area (Å²) < 4.78 is 2.13. The molecule has 268 valence electrons. The van der Waals surface area contributed by atoms with E-state index >= 15 is 0 Å². The van der Waals surface area contributed by atoms with Crippen molar-refractivity contribution in [3.05, 3.63) is 198 Å². The van der Waals surface area contributed by atoms with Gasteiger partial charge in [-0.1, -0.05) is 152 Å². The third-order valence-corrected chi connectivity index (χ3v) is 9.56. The van der Waals surface area contributed by atoms with Crippen molar-refractivity contribution in [1.29, 1.82) is 0 Å². The van der Waals surface area contributed by atoms with Crippen molar-refractivity contribution in [2.24, 2.45) is 0 Å². The van der Waals surface area contributed by atoms with Gasteiger partial charge in [-0.3, -0.25) is 9.59 Å². The normalized spacial score (nSPS) is 12.4. The van der Waals surface area contributed by atoms with E-state index in [4.69, 9.17) is 4.98 Å². The van der Waals surface area contributed by atoms with Gasteiger partial charge in [-0.05, 0) is 53.5 Å². The third kappa shape index (κ3) is 9.15. The van der Waals surface area contributed by atoms with Gasteiger partial charge in [0, 0.05) is 19.0 Å². The van der Waals surface area contributed by atoms with E-state index in [1.165, 1.54) is 0 Å². The van der Waals surface area contributed by atoms with Gasteiger partial charge in [0.2, 0.25) is 11.8 Å². The number of carboxylic acid groups (broad SMARTS) is 1. The average molecular weight is 705 g/mol. The Hall–Kier alpha value is -6.28. The van der Waals surface area contributed by atoms with Crippen LogP contribution in [0.2, 0.25) is 0 Å². The van der Waals surface area contributed by atoms with Crippen molar-refractivity contribution in [3.63, 3.8) is 0 Å². The Morgan fingerprint density at radius 3 is 1.62 bits per heavy atom. The largest absolute Gasteiger partial charge is 0.480 e. The zero-order valence-electron chi connectivity index (χ0n) is 29.6. The fourth-order valence-corrected chi connectivity index (χ4v) is 6.91. The van der Waals surface area contributed by atoms with E-state index in [0.29, 0.717) is 19.3 Å². The lowest BCUT2D eigenvalue weighted by molar-refractivity contribution is -0.142. The van der Waals surface area contributed by atoms with Crippen molar-refractivity contribution in [1.82, 2.24) is 20.2 Å². The summed E-state index contributed by atoms with van der Waals surface area (Å²) in [6, 6.07) is 47.9. The molecule has 0 fully saturated rings. The van der Waals surface area contributed by atoms with Crippen LogP contribution in [-0.4, -0.2) is 44.5 Å². The maximum atomic E-state index is 13.6. The Balaban J connectivity index is 1.16. The number of hydrogen-bond acceptors (Lipinski definition) is 4. The maximum Gasteiger partial charge on any atom is 0.326 e. The monoisotopic (exact) mass is 704 g/mol. The minimum Gasteiger partial charge on any atom is -0.480 e. The molecule has 0 spiro atoms. The first-order chi connectivity index (χ1) is 25.9. The van der Waals surface area contributed by atoms with Crippen molar-refractivity contribution in [3.8, 4) is 0 Å². The molecule has 5 aromatic carbocycles. The first-order valence-corrected chi connectivity index (χ1v) is 18.0. The molecule has 6 rings (SSSR count). The van der Waals surface area contributed by atoms with Gasteiger partial charge in [0.1, 0.15) is 17.6 Å². The van der Waals surface area contributed by atoms with Gasteiger partial charge in [-0.15, -0.1) is 0 Å². The molecule has 0 aliphatic heterocycles. The number of benzene rings is 5. The van der Waals surface area contributed by atoms with Gasteiger partial charge >= 0.3 is 5.97 Å². The second-order valence-corrected chi connectivity index (χ2v) is 13.2. The number of aliphatic carboxylic acids is 1. The van der Waals surface area contributed by atoms with Crippen molar-refractivity contribution in [2.75, 3.05) is 0 Å². The molecule has 1 aromatic heterocycles. The fraction of sp³-hybridized carbons (Fsp3) is 0.200. The van der Waals surface area contributed by atoms with E-state index in [2.05, 4.69) is 51.6 Å². The van der Waals surface area contributed by atoms with E-state index in [1.54, 1.807) is 0 Å². The van der Waals surface area contributed by atoms with Crippen LogP contribution < -0.4 is 10.6 Å². The van der Waals surface area contributed by atoms with Gasteiger partial charge < -0.3 is 20.3 Å². The molecule has 0 radical (unpaired) electrons. The summed E-state index contributed by atoms with van der Waals surface area (Å²) in [5, 5.41) is 15.7. The van der Waals surface area contributed by atoms with E-state index in [1.807, 2.05) is 128 Å². The summed E-state index contributed by atoms with van der Waals surface area (Å²) in [6.07, 6.45) is 6.01. The quantitative estimate of drug-likeness (QED) is 0.0888. The molecule has 0 saturated carbocycles. The van der Waals surface area contributed by atoms with Crippen LogP contribution in [0.25, 0.3) is 0 Å². The fourth-order valence-electron chi connectivity index (χ4n) is 6.91. The van der Waals surface area contributed by atoms with Crippen LogP contribution in [0.5, 0.6) is 0 Å². The van der Waals surface area contributed by atoms with E-state index in [-0.39, 0.29) is 25.2 Å². The number of carboxylic acids is 1. The van der Waals surface area contributed by atoms with Gasteiger partial charge in [-0.25, -0.2) is 9.78 Å². The standard InChI is InChI=1S/C45H44N4O4/c50-42(30-29-34-17-6-1-7-18-34)47-41(31-35-19-8-2-9-20-35)43(51)48-40(44(52)53)28-16-27-39-32-49(33-46-39)45(36-21-10-3-11-22-36,37-23-12-4-13-24-37)38-25-14-5-15-26-38/h1-15,17-26,32-33,40-41H,16,27-31H2,(H,47,50)(H,48,51)(H,52,53)/t40?,41-/m0/s1. The smallest absolute Gasteiger partial charge is 0.326 e. The van der Waals surface area contributed by atoms with Gasteiger partial charge in [0.15, 0.2) is 0 Å². The van der Waals surface area contributed by atoms with Crippen molar-refractivity contribution < 1.29 is 19.5 Å². The number of imidazole rings is 1. The second kappa shape index (κ2) is 17.8. The number of aryl methyl sites for hydroxylation is 2. The van der Waals surface area contributed by atoms with Crippen LogP contribution in [0.15, 0.2) is 164 Å². The summed E-state index contributed by atoms with van der Waals surface area (Å²) >= 11 is 0. The minimum absolute atomic E-state index is 0.190. The number of carbonyl (C=O) groups is 3. The Kier molecular flexibility index (Phi) is 12.2. The summed E-state index contributed by atoms with van der Waals surface area (Å²) in [7, 11) is 0. The lowest BCUT2D eigenvalue weighted by atomic mass is 9.77. The number of nitrogens with one attached hydrogen (secondary N) is 2. The van der Waals surface area contributed by atoms with Gasteiger partial charge in [0.05, 0.1) is 12.0 Å². The highest BCUT2D eigenvalue weighted by molar-refractivity contribution is 5.90. The molecule has 3 N–H and O–H groups in total. The predicted octanol–water partition coefficient (Wildman–Crippen LogP) is 6.98. The molecule has 2 amide bonds. The number of hydrogen-bond donors (Lipinski definition) is 3. The Morgan fingerprint density at radius 1 is 0.623 bits per heavy atom. The molecule has 1 unspecified atom stereocenters. The summed E-state index contributed by atoms with van der Waals surface area (Å²) in [6.45, 7) is 0. The van der Waals surface area contributed by atoms with Crippen LogP contribution in [0.1, 0.15) is 52.8 Å². The summed E-state index contributed by atoms with van der Waals surface area (Å²) in [4.78, 5) is 43.8. The first kappa shape index (κ1) is 36.5. The van der Waals surface area contributed by atoms with E-state index in [0.717, 1.165) is 33.5 Å². The molecular formula is C45H44N4O4. The molecule has 0 bridgehead atoms. The van der Waals surface area contributed by atoms with Crippen LogP contribution >= 0.6 is 0 Å².